The largest absolute Gasteiger partial charge is 0.374 e. The first-order valence-electron chi connectivity index (χ1n) is 5.72. The van der Waals surface area contributed by atoms with Crippen LogP contribution in [-0.4, -0.2) is 23.4 Å². The van der Waals surface area contributed by atoms with Crippen molar-refractivity contribution in [2.24, 2.45) is 0 Å². The maximum atomic E-state index is 11.5. The monoisotopic (exact) mass is 262 g/mol. The molecule has 1 unspecified atom stereocenters. The first kappa shape index (κ1) is 14.4. The number of carbonyl (C=O) groups excluding carboxylic acids is 1. The molecule has 0 saturated carbocycles. The van der Waals surface area contributed by atoms with Crippen LogP contribution in [0.25, 0.3) is 0 Å². The van der Waals surface area contributed by atoms with E-state index in [2.05, 4.69) is 10.6 Å². The summed E-state index contributed by atoms with van der Waals surface area (Å²) in [5.74, 6) is -0.200. The van der Waals surface area contributed by atoms with Gasteiger partial charge >= 0.3 is 0 Å². The number of likely N-dealkylation sites (N-methyl/N-ethyl adjacent to an activating group) is 1. The summed E-state index contributed by atoms with van der Waals surface area (Å²) in [6.45, 7) is 3.96. The summed E-state index contributed by atoms with van der Waals surface area (Å²) >= 11 is 0. The van der Waals surface area contributed by atoms with Crippen LogP contribution < -0.4 is 10.6 Å². The maximum absolute atomic E-state index is 11.5. The summed E-state index contributed by atoms with van der Waals surface area (Å²) in [5.41, 5.74) is 0.126. The van der Waals surface area contributed by atoms with Gasteiger partial charge in [0.25, 0.3) is 5.69 Å². The first-order chi connectivity index (χ1) is 8.99. The molecular weight excluding hydrogens is 248 g/mol. The van der Waals surface area contributed by atoms with E-state index < -0.39 is 11.0 Å². The number of carbonyl (C=O) groups is 1. The smallest absolute Gasteiger partial charge is 0.289 e. The molecule has 7 heteroatoms. The van der Waals surface area contributed by atoms with Crippen molar-refractivity contribution < 1.29 is 9.72 Å². The van der Waals surface area contributed by atoms with Crippen LogP contribution in [0.4, 0.5) is 11.4 Å². The van der Waals surface area contributed by atoms with E-state index in [1.54, 1.807) is 19.9 Å². The van der Waals surface area contributed by atoms with Crippen molar-refractivity contribution in [3.63, 3.8) is 0 Å². The molecule has 0 aromatic heterocycles. The second kappa shape index (κ2) is 6.35. The van der Waals surface area contributed by atoms with Gasteiger partial charge in [0.15, 0.2) is 0 Å². The Labute approximate surface area is 110 Å². The third-order valence-electron chi connectivity index (χ3n) is 2.44. The molecule has 1 amide bonds. The van der Waals surface area contributed by atoms with Crippen molar-refractivity contribution >= 4 is 17.3 Å². The quantitative estimate of drug-likeness (QED) is 0.616. The average Bonchev–Trinajstić information content (AvgIpc) is 2.38. The van der Waals surface area contributed by atoms with E-state index in [9.17, 15) is 14.9 Å². The van der Waals surface area contributed by atoms with Gasteiger partial charge in [-0.15, -0.1) is 0 Å². The zero-order chi connectivity index (χ0) is 14.4. The second-order valence-electron chi connectivity index (χ2n) is 3.86. The summed E-state index contributed by atoms with van der Waals surface area (Å²) in [7, 11) is 0. The Balaban J connectivity index is 2.92. The van der Waals surface area contributed by atoms with Gasteiger partial charge in [0.1, 0.15) is 17.7 Å². The van der Waals surface area contributed by atoms with Gasteiger partial charge < -0.3 is 10.6 Å². The minimum Gasteiger partial charge on any atom is -0.374 e. The SMILES string of the molecule is CCNC(=O)C(C)Nc1ccc(C#N)c([N+](=O)[O-])c1. The van der Waals surface area contributed by atoms with Gasteiger partial charge in [0.05, 0.1) is 4.92 Å². The molecule has 0 fully saturated rings. The highest BCUT2D eigenvalue weighted by Crippen LogP contribution is 2.22. The Kier molecular flexibility index (Phi) is 4.83. The molecule has 7 nitrogen and oxygen atoms in total. The number of rotatable bonds is 5. The summed E-state index contributed by atoms with van der Waals surface area (Å²) in [6, 6.07) is 5.36. The normalized spacial score (nSPS) is 11.2. The van der Waals surface area contributed by atoms with E-state index in [4.69, 9.17) is 5.26 Å². The van der Waals surface area contributed by atoms with Gasteiger partial charge in [-0.25, -0.2) is 0 Å². The molecule has 2 N–H and O–H groups in total. The van der Waals surface area contributed by atoms with Gasteiger partial charge in [0.2, 0.25) is 5.91 Å². The Morgan fingerprint density at radius 2 is 2.26 bits per heavy atom. The van der Waals surface area contributed by atoms with Crippen molar-refractivity contribution in [1.29, 1.82) is 5.26 Å². The van der Waals surface area contributed by atoms with Crippen LogP contribution in [0.1, 0.15) is 19.4 Å². The van der Waals surface area contributed by atoms with Crippen LogP contribution in [0.5, 0.6) is 0 Å². The molecule has 1 aromatic carbocycles. The van der Waals surface area contributed by atoms with Crippen LogP contribution in [0, 0.1) is 21.4 Å². The fraction of sp³-hybridized carbons (Fsp3) is 0.333. The summed E-state index contributed by atoms with van der Waals surface area (Å²) in [6.07, 6.45) is 0. The van der Waals surface area contributed by atoms with Crippen LogP contribution in [-0.2, 0) is 4.79 Å². The number of nitrogens with zero attached hydrogens (tertiary/aromatic N) is 2. The number of benzene rings is 1. The van der Waals surface area contributed by atoms with Gasteiger partial charge in [-0.3, -0.25) is 14.9 Å². The summed E-state index contributed by atoms with van der Waals surface area (Å²) in [5, 5.41) is 25.0. The fourth-order valence-corrected chi connectivity index (χ4v) is 1.51. The van der Waals surface area contributed by atoms with Crippen molar-refractivity contribution in [2.75, 3.05) is 11.9 Å². The minimum atomic E-state index is -0.624. The number of nitro benzene ring substituents is 1. The highest BCUT2D eigenvalue weighted by molar-refractivity contribution is 5.84. The van der Waals surface area contributed by atoms with Crippen molar-refractivity contribution in [1.82, 2.24) is 5.32 Å². The number of anilines is 1. The molecule has 1 atom stereocenters. The van der Waals surface area contributed by atoms with Gasteiger partial charge in [-0.2, -0.15) is 5.26 Å². The van der Waals surface area contributed by atoms with Gasteiger partial charge in [-0.05, 0) is 26.0 Å². The molecule has 0 saturated heterocycles. The first-order valence-corrected chi connectivity index (χ1v) is 5.72. The second-order valence-corrected chi connectivity index (χ2v) is 3.86. The molecule has 1 aromatic rings. The zero-order valence-corrected chi connectivity index (χ0v) is 10.6. The predicted molar refractivity (Wildman–Crippen MR) is 69.6 cm³/mol. The van der Waals surface area contributed by atoms with Crippen molar-refractivity contribution in [2.45, 2.75) is 19.9 Å². The number of hydrogen-bond acceptors (Lipinski definition) is 5. The molecule has 0 aliphatic rings. The molecule has 0 spiro atoms. The average molecular weight is 262 g/mol. The lowest BCUT2D eigenvalue weighted by atomic mass is 10.1. The van der Waals surface area contributed by atoms with Crippen LogP contribution in [0.3, 0.4) is 0 Å². The van der Waals surface area contributed by atoms with Crippen LogP contribution >= 0.6 is 0 Å². The molecule has 100 valence electrons. The number of hydrogen-bond donors (Lipinski definition) is 2. The molecule has 0 aliphatic heterocycles. The molecule has 1 rings (SSSR count). The Morgan fingerprint density at radius 3 is 2.79 bits per heavy atom. The molecule has 0 bridgehead atoms. The van der Waals surface area contributed by atoms with E-state index >= 15 is 0 Å². The third-order valence-corrected chi connectivity index (χ3v) is 2.44. The number of nitro groups is 1. The Bertz CT molecular complexity index is 536. The highest BCUT2D eigenvalue weighted by Gasteiger charge is 2.16. The molecular formula is C12H14N4O3. The molecule has 0 aliphatic carbocycles. The lowest BCUT2D eigenvalue weighted by molar-refractivity contribution is -0.385. The minimum absolute atomic E-state index is 0.0128. The number of nitriles is 1. The van der Waals surface area contributed by atoms with Gasteiger partial charge in [0, 0.05) is 18.3 Å². The maximum Gasteiger partial charge on any atom is 0.289 e. The van der Waals surface area contributed by atoms with E-state index in [0.29, 0.717) is 12.2 Å². The molecule has 0 radical (unpaired) electrons. The number of nitrogens with one attached hydrogen (secondary N) is 2. The van der Waals surface area contributed by atoms with Crippen molar-refractivity contribution in [3.05, 3.63) is 33.9 Å². The number of amides is 1. The Morgan fingerprint density at radius 1 is 1.58 bits per heavy atom. The Hall–Kier alpha value is -2.62. The highest BCUT2D eigenvalue weighted by atomic mass is 16.6. The fourth-order valence-electron chi connectivity index (χ4n) is 1.51. The van der Waals surface area contributed by atoms with E-state index in [-0.39, 0.29) is 17.2 Å². The molecule has 0 heterocycles. The topological polar surface area (TPSA) is 108 Å². The third kappa shape index (κ3) is 3.67. The molecule has 19 heavy (non-hydrogen) atoms. The van der Waals surface area contributed by atoms with Gasteiger partial charge in [-0.1, -0.05) is 0 Å². The van der Waals surface area contributed by atoms with Crippen LogP contribution in [0.15, 0.2) is 18.2 Å². The summed E-state index contributed by atoms with van der Waals surface area (Å²) in [4.78, 5) is 21.7. The lowest BCUT2D eigenvalue weighted by Gasteiger charge is -2.14. The predicted octanol–water partition coefficient (Wildman–Crippen LogP) is 1.40. The van der Waals surface area contributed by atoms with E-state index in [1.807, 2.05) is 0 Å². The summed E-state index contributed by atoms with van der Waals surface area (Å²) < 4.78 is 0. The van der Waals surface area contributed by atoms with Crippen LogP contribution in [0.2, 0.25) is 0 Å². The standard InChI is InChI=1S/C12H14N4O3/c1-3-14-12(17)8(2)15-10-5-4-9(7-13)11(6-10)16(18)19/h4-6,8,15H,3H2,1-2H3,(H,14,17). The zero-order valence-electron chi connectivity index (χ0n) is 10.6. The van der Waals surface area contributed by atoms with Crippen molar-refractivity contribution in [3.8, 4) is 6.07 Å². The van der Waals surface area contributed by atoms with E-state index in [0.717, 1.165) is 0 Å². The van der Waals surface area contributed by atoms with E-state index in [1.165, 1.54) is 18.2 Å². The lowest BCUT2D eigenvalue weighted by Crippen LogP contribution is -2.37.